The van der Waals surface area contributed by atoms with Crippen molar-refractivity contribution in [1.29, 1.82) is 0 Å². The summed E-state index contributed by atoms with van der Waals surface area (Å²) in [5, 5.41) is 39.8. The molecule has 0 aromatic heterocycles. The molecule has 336 valence electrons. The number of aliphatic hydroxyl groups excluding tert-OH is 3. The highest BCUT2D eigenvalue weighted by Crippen LogP contribution is 2.23. The topological polar surface area (TPSA) is 169 Å². The minimum atomic E-state index is -1.86. The summed E-state index contributed by atoms with van der Waals surface area (Å²) in [4.78, 5) is 36.8. The number of hydrogen-bond acceptors (Lipinski definition) is 10. The van der Waals surface area contributed by atoms with E-state index in [0.717, 1.165) is 70.6 Å². The molecule has 4 N–H and O–H groups in total. The summed E-state index contributed by atoms with van der Waals surface area (Å²) in [6, 6.07) is 0. The Morgan fingerprint density at radius 1 is 0.534 bits per heavy atom. The zero-order valence-corrected chi connectivity index (χ0v) is 36.3. The molecule has 1 aliphatic heterocycles. The second-order valence-electron chi connectivity index (χ2n) is 15.9. The van der Waals surface area contributed by atoms with Crippen LogP contribution in [0.2, 0.25) is 0 Å². The Kier molecular flexibility index (Phi) is 34.5. The first-order valence-electron chi connectivity index (χ1n) is 23.0. The van der Waals surface area contributed by atoms with Crippen molar-refractivity contribution in [2.45, 2.75) is 230 Å². The molecule has 1 rings (SSSR count). The Hall–Kier alpha value is -2.57. The minimum absolute atomic E-state index is 0.175. The summed E-state index contributed by atoms with van der Waals surface area (Å²) >= 11 is 0. The van der Waals surface area contributed by atoms with Crippen molar-refractivity contribution >= 4 is 17.9 Å². The molecule has 11 nitrogen and oxygen atoms in total. The van der Waals surface area contributed by atoms with Crippen LogP contribution in [0.25, 0.3) is 0 Å². The van der Waals surface area contributed by atoms with Gasteiger partial charge in [0.25, 0.3) is 0 Å². The van der Waals surface area contributed by atoms with E-state index in [4.69, 9.17) is 18.9 Å². The standard InChI is InChI=1S/C47H82O11/c1-3-5-7-9-11-13-15-17-19-20-22-24-26-28-30-32-34-36-41(49)57-39(38-56-47-44(52)42(50)43(51)45(58-47)46(53)54)37-55-40(48)35-33-31-29-27-25-23-21-18-16-14-12-10-8-6-4-2/h12,14,17-19,21,39,42-45,47,50-52H,3-11,13,15-16,20,22-38H2,1-2H3,(H,53,54)/b14-12-,19-17-,21-18-. The molecule has 58 heavy (non-hydrogen) atoms. The monoisotopic (exact) mass is 823 g/mol. The van der Waals surface area contributed by atoms with Crippen molar-refractivity contribution in [2.75, 3.05) is 13.2 Å². The third kappa shape index (κ3) is 28.8. The van der Waals surface area contributed by atoms with Crippen LogP contribution in [0.1, 0.15) is 194 Å². The highest BCUT2D eigenvalue weighted by Gasteiger charge is 2.47. The van der Waals surface area contributed by atoms with Gasteiger partial charge in [-0.15, -0.1) is 0 Å². The number of hydrogen-bond donors (Lipinski definition) is 4. The van der Waals surface area contributed by atoms with E-state index in [-0.39, 0.29) is 19.4 Å². The Labute approximate surface area is 351 Å². The maximum absolute atomic E-state index is 12.8. The predicted octanol–water partition coefficient (Wildman–Crippen LogP) is 9.98. The molecule has 1 fully saturated rings. The van der Waals surface area contributed by atoms with Crippen LogP contribution < -0.4 is 0 Å². The summed E-state index contributed by atoms with van der Waals surface area (Å²) in [6.45, 7) is 3.77. The maximum Gasteiger partial charge on any atom is 0.335 e. The van der Waals surface area contributed by atoms with Crippen LogP contribution in [0, 0.1) is 0 Å². The Balaban J connectivity index is 2.37. The SMILES string of the molecule is CCCCC/C=C\C/C=C\CCCCCCCC(=O)OCC(COC1OC(C(=O)O)C(O)C(O)C1O)OC(=O)CCCCCCCCC/C=C\CCCCCCCC. The second kappa shape index (κ2) is 37.4. The van der Waals surface area contributed by atoms with E-state index in [2.05, 4.69) is 50.3 Å². The van der Waals surface area contributed by atoms with Crippen molar-refractivity contribution in [1.82, 2.24) is 0 Å². The summed E-state index contributed by atoms with van der Waals surface area (Å²) in [5.74, 6) is -2.46. The van der Waals surface area contributed by atoms with Gasteiger partial charge in [0.15, 0.2) is 18.5 Å². The third-order valence-electron chi connectivity index (χ3n) is 10.5. The van der Waals surface area contributed by atoms with Crippen molar-refractivity contribution < 1.29 is 53.8 Å². The molecule has 0 aromatic carbocycles. The second-order valence-corrected chi connectivity index (χ2v) is 15.9. The van der Waals surface area contributed by atoms with Gasteiger partial charge < -0.3 is 39.4 Å². The van der Waals surface area contributed by atoms with Gasteiger partial charge in [-0.25, -0.2) is 4.79 Å². The molecule has 0 saturated carbocycles. The molecule has 0 spiro atoms. The van der Waals surface area contributed by atoms with Gasteiger partial charge in [0.05, 0.1) is 6.61 Å². The average Bonchev–Trinajstić information content (AvgIpc) is 3.21. The van der Waals surface area contributed by atoms with E-state index in [1.165, 1.54) is 83.5 Å². The van der Waals surface area contributed by atoms with Gasteiger partial charge in [-0.2, -0.15) is 0 Å². The highest BCUT2D eigenvalue weighted by molar-refractivity contribution is 5.73. The fraction of sp³-hybridized carbons (Fsp3) is 0.809. The molecule has 11 heteroatoms. The molecular weight excluding hydrogens is 741 g/mol. The normalized spacial score (nSPS) is 20.3. The molecule has 0 aromatic rings. The van der Waals surface area contributed by atoms with E-state index in [1.54, 1.807) is 0 Å². The van der Waals surface area contributed by atoms with Gasteiger partial charge in [0, 0.05) is 12.8 Å². The zero-order chi connectivity index (χ0) is 42.5. The minimum Gasteiger partial charge on any atom is -0.479 e. The third-order valence-corrected chi connectivity index (χ3v) is 10.5. The number of aliphatic carboxylic acids is 1. The number of carbonyl (C=O) groups excluding carboxylic acids is 2. The van der Waals surface area contributed by atoms with Crippen LogP contribution in [-0.2, 0) is 33.3 Å². The van der Waals surface area contributed by atoms with Gasteiger partial charge in [-0.05, 0) is 70.6 Å². The van der Waals surface area contributed by atoms with Crippen molar-refractivity contribution in [3.05, 3.63) is 36.5 Å². The zero-order valence-electron chi connectivity index (χ0n) is 36.3. The van der Waals surface area contributed by atoms with Crippen LogP contribution in [0.4, 0.5) is 0 Å². The van der Waals surface area contributed by atoms with Crippen LogP contribution in [-0.4, -0.2) is 88.4 Å². The van der Waals surface area contributed by atoms with E-state index in [1.807, 2.05) is 0 Å². The predicted molar refractivity (Wildman–Crippen MR) is 229 cm³/mol. The lowest BCUT2D eigenvalue weighted by Crippen LogP contribution is -2.60. The number of carboxylic acids is 1. The molecule has 6 atom stereocenters. The number of esters is 2. The van der Waals surface area contributed by atoms with Crippen LogP contribution >= 0.6 is 0 Å². The van der Waals surface area contributed by atoms with E-state index in [0.29, 0.717) is 12.8 Å². The molecule has 0 aliphatic carbocycles. The van der Waals surface area contributed by atoms with Crippen LogP contribution in [0.15, 0.2) is 36.5 Å². The van der Waals surface area contributed by atoms with Crippen molar-refractivity contribution in [2.24, 2.45) is 0 Å². The Morgan fingerprint density at radius 2 is 0.966 bits per heavy atom. The molecule has 0 bridgehead atoms. The molecule has 1 heterocycles. The first-order valence-corrected chi connectivity index (χ1v) is 23.0. The lowest BCUT2D eigenvalue weighted by Gasteiger charge is -2.38. The average molecular weight is 823 g/mol. The van der Waals surface area contributed by atoms with Crippen LogP contribution in [0.5, 0.6) is 0 Å². The molecule has 6 unspecified atom stereocenters. The summed E-state index contributed by atoms with van der Waals surface area (Å²) in [6.07, 6.45) is 33.3. The number of ether oxygens (including phenoxy) is 4. The van der Waals surface area contributed by atoms with Gasteiger partial charge >= 0.3 is 17.9 Å². The summed E-state index contributed by atoms with van der Waals surface area (Å²) in [5.41, 5.74) is 0. The molecule has 0 amide bonds. The quantitative estimate of drug-likeness (QED) is 0.0266. The smallest absolute Gasteiger partial charge is 0.335 e. The largest absolute Gasteiger partial charge is 0.479 e. The molecule has 0 radical (unpaired) electrons. The number of carboxylic acid groups (broad SMARTS) is 1. The maximum atomic E-state index is 12.8. The van der Waals surface area contributed by atoms with Gasteiger partial charge in [-0.3, -0.25) is 9.59 Å². The van der Waals surface area contributed by atoms with Gasteiger partial charge in [-0.1, -0.05) is 147 Å². The molecule has 1 saturated heterocycles. The van der Waals surface area contributed by atoms with Crippen LogP contribution in [0.3, 0.4) is 0 Å². The Morgan fingerprint density at radius 3 is 1.48 bits per heavy atom. The van der Waals surface area contributed by atoms with Gasteiger partial charge in [0.2, 0.25) is 0 Å². The fourth-order valence-corrected chi connectivity index (χ4v) is 6.79. The fourth-order valence-electron chi connectivity index (χ4n) is 6.79. The van der Waals surface area contributed by atoms with Crippen molar-refractivity contribution in [3.63, 3.8) is 0 Å². The first kappa shape index (κ1) is 53.4. The van der Waals surface area contributed by atoms with E-state index in [9.17, 15) is 34.8 Å². The van der Waals surface area contributed by atoms with E-state index >= 15 is 0 Å². The summed E-state index contributed by atoms with van der Waals surface area (Å²) < 4.78 is 21.7. The molecule has 1 aliphatic rings. The number of rotatable bonds is 38. The van der Waals surface area contributed by atoms with Gasteiger partial charge in [0.1, 0.15) is 24.9 Å². The number of unbranched alkanes of at least 4 members (excludes halogenated alkanes) is 21. The van der Waals surface area contributed by atoms with Crippen molar-refractivity contribution in [3.8, 4) is 0 Å². The number of allylic oxidation sites excluding steroid dienone is 6. The summed E-state index contributed by atoms with van der Waals surface area (Å²) in [7, 11) is 0. The number of aliphatic hydroxyl groups is 3. The van der Waals surface area contributed by atoms with E-state index < -0.39 is 61.3 Å². The highest BCUT2D eigenvalue weighted by atomic mass is 16.7. The first-order chi connectivity index (χ1) is 28.2. The Bertz CT molecular complexity index is 1110. The molecular formula is C47H82O11. The lowest BCUT2D eigenvalue weighted by molar-refractivity contribution is -0.298. The number of carbonyl (C=O) groups is 3. The lowest BCUT2D eigenvalue weighted by atomic mass is 9.99.